The van der Waals surface area contributed by atoms with Crippen molar-refractivity contribution in [1.29, 1.82) is 0 Å². The van der Waals surface area contributed by atoms with Gasteiger partial charge in [-0.05, 0) is 55.4 Å². The van der Waals surface area contributed by atoms with E-state index in [1.165, 1.54) is 28.6 Å². The van der Waals surface area contributed by atoms with Gasteiger partial charge in [0.25, 0.3) is 5.91 Å². The highest BCUT2D eigenvalue weighted by molar-refractivity contribution is 5.99. The Labute approximate surface area is 126 Å². The van der Waals surface area contributed by atoms with Gasteiger partial charge in [0.1, 0.15) is 0 Å². The van der Waals surface area contributed by atoms with E-state index in [1.54, 1.807) is 0 Å². The van der Waals surface area contributed by atoms with E-state index in [0.717, 1.165) is 43.7 Å². The zero-order valence-electron chi connectivity index (χ0n) is 13.0. The second kappa shape index (κ2) is 5.92. The second-order valence-corrected chi connectivity index (χ2v) is 6.30. The van der Waals surface area contributed by atoms with Crippen molar-refractivity contribution in [3.05, 3.63) is 35.0 Å². The first kappa shape index (κ1) is 14.2. The number of unbranched alkanes of at least 4 members (excludes halogenated alkanes) is 1. The lowest BCUT2D eigenvalue weighted by Gasteiger charge is -2.18. The smallest absolute Gasteiger partial charge is 0.251 e. The Morgan fingerprint density at radius 1 is 1.43 bits per heavy atom. The molecule has 1 aliphatic rings. The fourth-order valence-corrected chi connectivity index (χ4v) is 3.21. The van der Waals surface area contributed by atoms with Gasteiger partial charge in [0.05, 0.1) is 0 Å². The van der Waals surface area contributed by atoms with Crippen molar-refractivity contribution in [2.75, 3.05) is 6.54 Å². The third-order valence-electron chi connectivity index (χ3n) is 4.51. The van der Waals surface area contributed by atoms with Crippen LogP contribution in [-0.2, 0) is 12.8 Å². The number of aromatic nitrogens is 1. The fourth-order valence-electron chi connectivity index (χ4n) is 3.21. The third kappa shape index (κ3) is 2.82. The Bertz CT molecular complexity index is 657. The summed E-state index contributed by atoms with van der Waals surface area (Å²) in [6, 6.07) is 6.03. The first-order valence-corrected chi connectivity index (χ1v) is 8.10. The molecule has 112 valence electrons. The van der Waals surface area contributed by atoms with E-state index in [0.29, 0.717) is 0 Å². The molecule has 1 atom stereocenters. The van der Waals surface area contributed by atoms with Crippen molar-refractivity contribution in [2.24, 2.45) is 5.92 Å². The van der Waals surface area contributed by atoms with Crippen LogP contribution in [0.15, 0.2) is 18.2 Å². The SMILES string of the molecule is CCCCNC(=O)c1ccc2[nH]c3c(c2c1)CC(C)CC3. The predicted octanol–water partition coefficient (Wildman–Crippen LogP) is 3.82. The molecule has 3 heteroatoms. The number of nitrogens with one attached hydrogen (secondary N) is 2. The molecule has 2 aromatic rings. The highest BCUT2D eigenvalue weighted by atomic mass is 16.1. The van der Waals surface area contributed by atoms with Gasteiger partial charge in [-0.2, -0.15) is 0 Å². The van der Waals surface area contributed by atoms with E-state index in [1.807, 2.05) is 12.1 Å². The average molecular weight is 284 g/mol. The van der Waals surface area contributed by atoms with Crippen molar-refractivity contribution in [1.82, 2.24) is 10.3 Å². The fraction of sp³-hybridized carbons (Fsp3) is 0.500. The molecule has 1 aromatic carbocycles. The van der Waals surface area contributed by atoms with Crippen LogP contribution in [0.25, 0.3) is 10.9 Å². The highest BCUT2D eigenvalue weighted by Gasteiger charge is 2.20. The van der Waals surface area contributed by atoms with Crippen LogP contribution in [0.2, 0.25) is 0 Å². The standard InChI is InChI=1S/C18H24N2O/c1-3-4-9-19-18(21)13-6-8-17-15(11-13)14-10-12(2)5-7-16(14)20-17/h6,8,11-12,20H,3-5,7,9-10H2,1-2H3,(H,19,21). The minimum Gasteiger partial charge on any atom is -0.358 e. The van der Waals surface area contributed by atoms with Crippen LogP contribution < -0.4 is 5.32 Å². The molecule has 0 spiro atoms. The van der Waals surface area contributed by atoms with Gasteiger partial charge in [0.2, 0.25) is 0 Å². The van der Waals surface area contributed by atoms with Gasteiger partial charge in [-0.15, -0.1) is 0 Å². The Hall–Kier alpha value is -1.77. The maximum atomic E-state index is 12.2. The topological polar surface area (TPSA) is 44.9 Å². The normalized spacial score (nSPS) is 17.7. The Balaban J connectivity index is 1.89. The maximum absolute atomic E-state index is 12.2. The summed E-state index contributed by atoms with van der Waals surface area (Å²) in [6.07, 6.45) is 5.64. The van der Waals surface area contributed by atoms with E-state index >= 15 is 0 Å². The molecule has 0 bridgehead atoms. The van der Waals surface area contributed by atoms with Crippen LogP contribution in [0.1, 0.15) is 54.7 Å². The summed E-state index contributed by atoms with van der Waals surface area (Å²) in [7, 11) is 0. The van der Waals surface area contributed by atoms with Crippen LogP contribution >= 0.6 is 0 Å². The van der Waals surface area contributed by atoms with E-state index in [2.05, 4.69) is 30.2 Å². The highest BCUT2D eigenvalue weighted by Crippen LogP contribution is 2.32. The lowest BCUT2D eigenvalue weighted by molar-refractivity contribution is 0.0953. The zero-order valence-corrected chi connectivity index (χ0v) is 13.0. The van der Waals surface area contributed by atoms with Gasteiger partial charge >= 0.3 is 0 Å². The van der Waals surface area contributed by atoms with E-state index in [9.17, 15) is 4.79 Å². The van der Waals surface area contributed by atoms with Crippen molar-refractivity contribution in [3.8, 4) is 0 Å². The monoisotopic (exact) mass is 284 g/mol. The number of hydrogen-bond acceptors (Lipinski definition) is 1. The lowest BCUT2D eigenvalue weighted by atomic mass is 9.87. The number of benzene rings is 1. The molecule has 0 radical (unpaired) electrons. The molecule has 1 amide bonds. The van der Waals surface area contributed by atoms with Gasteiger partial charge in [-0.3, -0.25) is 4.79 Å². The number of carbonyl (C=O) groups is 1. The second-order valence-electron chi connectivity index (χ2n) is 6.30. The van der Waals surface area contributed by atoms with E-state index in [-0.39, 0.29) is 5.91 Å². The third-order valence-corrected chi connectivity index (χ3v) is 4.51. The average Bonchev–Trinajstić information content (AvgIpc) is 2.84. The lowest BCUT2D eigenvalue weighted by Crippen LogP contribution is -2.24. The summed E-state index contributed by atoms with van der Waals surface area (Å²) in [6.45, 7) is 5.20. The minimum atomic E-state index is 0.0455. The molecular weight excluding hydrogens is 260 g/mol. The summed E-state index contributed by atoms with van der Waals surface area (Å²) < 4.78 is 0. The van der Waals surface area contributed by atoms with Gasteiger partial charge < -0.3 is 10.3 Å². The van der Waals surface area contributed by atoms with Crippen molar-refractivity contribution in [3.63, 3.8) is 0 Å². The van der Waals surface area contributed by atoms with Gasteiger partial charge in [-0.25, -0.2) is 0 Å². The molecule has 2 N–H and O–H groups in total. The molecule has 3 rings (SSSR count). The number of aryl methyl sites for hydroxylation is 1. The van der Waals surface area contributed by atoms with Crippen LogP contribution in [0.4, 0.5) is 0 Å². The molecule has 1 aliphatic carbocycles. The zero-order chi connectivity index (χ0) is 14.8. The molecule has 0 saturated heterocycles. The molecule has 0 aliphatic heterocycles. The number of amides is 1. The molecule has 1 unspecified atom stereocenters. The van der Waals surface area contributed by atoms with Crippen LogP contribution in [-0.4, -0.2) is 17.4 Å². The van der Waals surface area contributed by atoms with Crippen molar-refractivity contribution >= 4 is 16.8 Å². The minimum absolute atomic E-state index is 0.0455. The van der Waals surface area contributed by atoms with E-state index in [4.69, 9.17) is 0 Å². The Morgan fingerprint density at radius 2 is 2.29 bits per heavy atom. The Morgan fingerprint density at radius 3 is 3.10 bits per heavy atom. The summed E-state index contributed by atoms with van der Waals surface area (Å²) in [5.41, 5.74) is 4.73. The number of H-pyrrole nitrogens is 1. The predicted molar refractivity (Wildman–Crippen MR) is 86.7 cm³/mol. The molecular formula is C18H24N2O. The number of hydrogen-bond donors (Lipinski definition) is 2. The summed E-state index contributed by atoms with van der Waals surface area (Å²) in [5, 5.41) is 4.23. The van der Waals surface area contributed by atoms with Crippen LogP contribution in [0, 0.1) is 5.92 Å². The number of fused-ring (bicyclic) bond motifs is 3. The van der Waals surface area contributed by atoms with Gasteiger partial charge in [-0.1, -0.05) is 20.3 Å². The van der Waals surface area contributed by atoms with E-state index < -0.39 is 0 Å². The van der Waals surface area contributed by atoms with Gasteiger partial charge in [0, 0.05) is 28.7 Å². The quantitative estimate of drug-likeness (QED) is 0.824. The molecule has 0 fully saturated rings. The number of rotatable bonds is 4. The summed E-state index contributed by atoms with van der Waals surface area (Å²) in [5.74, 6) is 0.780. The molecule has 3 nitrogen and oxygen atoms in total. The Kier molecular flexibility index (Phi) is 4.00. The largest absolute Gasteiger partial charge is 0.358 e. The first-order valence-electron chi connectivity index (χ1n) is 8.10. The van der Waals surface area contributed by atoms with Crippen LogP contribution in [0.3, 0.4) is 0 Å². The van der Waals surface area contributed by atoms with Crippen molar-refractivity contribution in [2.45, 2.75) is 46.0 Å². The maximum Gasteiger partial charge on any atom is 0.251 e. The van der Waals surface area contributed by atoms with Crippen LogP contribution in [0.5, 0.6) is 0 Å². The molecule has 0 saturated carbocycles. The first-order chi connectivity index (χ1) is 10.2. The van der Waals surface area contributed by atoms with Gasteiger partial charge in [0.15, 0.2) is 0 Å². The molecule has 1 aromatic heterocycles. The molecule has 1 heterocycles. The number of carbonyl (C=O) groups excluding carboxylic acids is 1. The summed E-state index contributed by atoms with van der Waals surface area (Å²) in [4.78, 5) is 15.7. The molecule has 21 heavy (non-hydrogen) atoms. The number of aromatic amines is 1. The van der Waals surface area contributed by atoms with Crippen molar-refractivity contribution < 1.29 is 4.79 Å². The summed E-state index contributed by atoms with van der Waals surface area (Å²) >= 11 is 0.